The number of carboxylic acid groups (broad SMARTS) is 1. The molecule has 0 fully saturated rings. The quantitative estimate of drug-likeness (QED) is 0.539. The molecule has 0 spiro atoms. The highest BCUT2D eigenvalue weighted by Crippen LogP contribution is 2.35. The molecule has 0 saturated carbocycles. The Kier molecular flexibility index (Phi) is 7.56. The van der Waals surface area contributed by atoms with Crippen molar-refractivity contribution in [2.75, 3.05) is 19.8 Å². The van der Waals surface area contributed by atoms with Gasteiger partial charge in [0, 0.05) is 6.42 Å². The molecule has 32 heavy (non-hydrogen) atoms. The zero-order valence-electron chi connectivity index (χ0n) is 17.6. The zero-order chi connectivity index (χ0) is 23.3. The van der Waals surface area contributed by atoms with Crippen LogP contribution in [0.2, 0.25) is 0 Å². The van der Waals surface area contributed by atoms with Crippen LogP contribution in [0.15, 0.2) is 42.0 Å². The molecule has 1 aliphatic rings. The van der Waals surface area contributed by atoms with Gasteiger partial charge < -0.3 is 14.6 Å². The van der Waals surface area contributed by atoms with E-state index in [0.29, 0.717) is 37.2 Å². The predicted octanol–water partition coefficient (Wildman–Crippen LogP) is 5.81. The monoisotopic (exact) mass is 452 g/mol. The smallest absolute Gasteiger partial charge is 0.416 e. The van der Waals surface area contributed by atoms with E-state index in [0.717, 1.165) is 17.2 Å². The minimum absolute atomic E-state index is 0.0310. The lowest BCUT2D eigenvalue weighted by Crippen LogP contribution is -2.12. The summed E-state index contributed by atoms with van der Waals surface area (Å²) in [4.78, 5) is 10.7. The zero-order valence-corrected chi connectivity index (χ0v) is 17.6. The topological polar surface area (TPSA) is 55.8 Å². The van der Waals surface area contributed by atoms with Crippen molar-refractivity contribution in [3.05, 3.63) is 70.0 Å². The molecule has 2 aromatic rings. The second kappa shape index (κ2) is 10.2. The van der Waals surface area contributed by atoms with Crippen molar-refractivity contribution in [2.24, 2.45) is 0 Å². The van der Waals surface area contributed by atoms with Crippen LogP contribution in [0.4, 0.5) is 17.6 Å². The summed E-state index contributed by atoms with van der Waals surface area (Å²) in [5, 5.41) is 8.78. The van der Waals surface area contributed by atoms with Crippen LogP contribution in [0.3, 0.4) is 0 Å². The summed E-state index contributed by atoms with van der Waals surface area (Å²) >= 11 is 0. The van der Waals surface area contributed by atoms with E-state index in [4.69, 9.17) is 14.6 Å². The van der Waals surface area contributed by atoms with Crippen LogP contribution in [0, 0.1) is 12.7 Å². The Morgan fingerprint density at radius 2 is 1.88 bits per heavy atom. The largest absolute Gasteiger partial charge is 0.489 e. The number of benzene rings is 2. The summed E-state index contributed by atoms with van der Waals surface area (Å²) in [6, 6.07) is 8.52. The van der Waals surface area contributed by atoms with E-state index in [1.165, 1.54) is 18.2 Å². The fourth-order valence-corrected chi connectivity index (χ4v) is 3.63. The lowest BCUT2D eigenvalue weighted by Gasteiger charge is -2.17. The maximum atomic E-state index is 14.1. The van der Waals surface area contributed by atoms with E-state index in [-0.39, 0.29) is 30.2 Å². The second-order valence-corrected chi connectivity index (χ2v) is 7.66. The molecule has 3 rings (SSSR count). The Morgan fingerprint density at radius 1 is 1.12 bits per heavy atom. The van der Waals surface area contributed by atoms with Gasteiger partial charge in [0.1, 0.15) is 18.2 Å². The summed E-state index contributed by atoms with van der Waals surface area (Å²) in [5.74, 6) is -1.46. The highest BCUT2D eigenvalue weighted by Gasteiger charge is 2.33. The normalized spacial score (nSPS) is 14.9. The SMILES string of the molecule is Cc1ccc(C2=C(COc3ccc(CCC(=O)O)c(C(F)(F)F)c3)CCOCC2)cc1F. The molecule has 1 aliphatic heterocycles. The van der Waals surface area contributed by atoms with Crippen LogP contribution in [-0.4, -0.2) is 30.9 Å². The maximum Gasteiger partial charge on any atom is 0.416 e. The molecule has 0 atom stereocenters. The molecule has 1 N–H and O–H groups in total. The van der Waals surface area contributed by atoms with Gasteiger partial charge in [-0.1, -0.05) is 18.2 Å². The van der Waals surface area contributed by atoms with Crippen molar-refractivity contribution in [2.45, 2.75) is 38.8 Å². The fourth-order valence-electron chi connectivity index (χ4n) is 3.63. The molecule has 4 nitrogen and oxygen atoms in total. The average Bonchev–Trinajstić information content (AvgIpc) is 2.98. The van der Waals surface area contributed by atoms with Gasteiger partial charge in [-0.05, 0) is 72.2 Å². The van der Waals surface area contributed by atoms with Gasteiger partial charge in [0.15, 0.2) is 0 Å². The van der Waals surface area contributed by atoms with Gasteiger partial charge in [0.2, 0.25) is 0 Å². The van der Waals surface area contributed by atoms with Crippen LogP contribution in [-0.2, 0) is 22.1 Å². The van der Waals surface area contributed by atoms with Gasteiger partial charge in [-0.3, -0.25) is 4.79 Å². The van der Waals surface area contributed by atoms with Crippen LogP contribution < -0.4 is 4.74 Å². The Hall–Kier alpha value is -2.87. The van der Waals surface area contributed by atoms with Crippen molar-refractivity contribution in [3.63, 3.8) is 0 Å². The molecule has 172 valence electrons. The summed E-state index contributed by atoms with van der Waals surface area (Å²) in [6.45, 7) is 2.62. The Bertz CT molecular complexity index is 1010. The first-order valence-electron chi connectivity index (χ1n) is 10.2. The standard InChI is InChI=1S/C24H24F4O4/c1-15-2-3-17(12-22(15)25)20-9-11-31-10-8-18(20)14-32-19-6-4-16(5-7-23(29)30)21(13-19)24(26,27)28/h2-4,6,12-13H,5,7-11,14H2,1H3,(H,29,30). The van der Waals surface area contributed by atoms with Crippen molar-refractivity contribution in [3.8, 4) is 5.75 Å². The van der Waals surface area contributed by atoms with Crippen molar-refractivity contribution in [1.29, 1.82) is 0 Å². The van der Waals surface area contributed by atoms with Gasteiger partial charge in [-0.2, -0.15) is 13.2 Å². The van der Waals surface area contributed by atoms with Crippen LogP contribution in [0.5, 0.6) is 5.75 Å². The number of aliphatic carboxylic acids is 1. The highest BCUT2D eigenvalue weighted by molar-refractivity contribution is 5.69. The third-order valence-electron chi connectivity index (χ3n) is 5.40. The van der Waals surface area contributed by atoms with Gasteiger partial charge in [-0.15, -0.1) is 0 Å². The lowest BCUT2D eigenvalue weighted by atomic mass is 9.95. The number of aryl methyl sites for hydroxylation is 2. The molecule has 0 aromatic heterocycles. The first-order valence-corrected chi connectivity index (χ1v) is 10.2. The van der Waals surface area contributed by atoms with E-state index in [9.17, 15) is 22.4 Å². The molecular weight excluding hydrogens is 428 g/mol. The minimum atomic E-state index is -4.63. The Morgan fingerprint density at radius 3 is 2.56 bits per heavy atom. The minimum Gasteiger partial charge on any atom is -0.489 e. The molecule has 2 aromatic carbocycles. The third-order valence-corrected chi connectivity index (χ3v) is 5.40. The first-order chi connectivity index (χ1) is 15.1. The summed E-state index contributed by atoms with van der Waals surface area (Å²) in [6.07, 6.45) is -4.19. The number of carboxylic acids is 1. The predicted molar refractivity (Wildman–Crippen MR) is 111 cm³/mol. The number of carbonyl (C=O) groups is 1. The maximum absolute atomic E-state index is 14.1. The molecule has 0 bridgehead atoms. The van der Waals surface area contributed by atoms with Crippen molar-refractivity contribution < 1.29 is 36.9 Å². The number of alkyl halides is 3. The molecule has 0 radical (unpaired) electrons. The number of halogens is 4. The highest BCUT2D eigenvalue weighted by atomic mass is 19.4. The molecular formula is C24H24F4O4. The average molecular weight is 452 g/mol. The molecule has 1 heterocycles. The number of hydrogen-bond donors (Lipinski definition) is 1. The lowest BCUT2D eigenvalue weighted by molar-refractivity contribution is -0.140. The molecule has 0 amide bonds. The van der Waals surface area contributed by atoms with Gasteiger partial charge >= 0.3 is 12.1 Å². The molecule has 8 heteroatoms. The van der Waals surface area contributed by atoms with E-state index >= 15 is 0 Å². The van der Waals surface area contributed by atoms with Gasteiger partial charge in [0.05, 0.1) is 18.8 Å². The number of ether oxygens (including phenoxy) is 2. The van der Waals surface area contributed by atoms with Crippen LogP contribution >= 0.6 is 0 Å². The van der Waals surface area contributed by atoms with Gasteiger partial charge in [-0.25, -0.2) is 4.39 Å². The second-order valence-electron chi connectivity index (χ2n) is 7.66. The van der Waals surface area contributed by atoms with E-state index in [2.05, 4.69) is 0 Å². The van der Waals surface area contributed by atoms with Crippen LogP contribution in [0.25, 0.3) is 5.57 Å². The Labute approximate surface area is 183 Å². The van der Waals surface area contributed by atoms with Gasteiger partial charge in [0.25, 0.3) is 0 Å². The molecule has 0 saturated heterocycles. The van der Waals surface area contributed by atoms with Crippen molar-refractivity contribution in [1.82, 2.24) is 0 Å². The molecule has 0 unspecified atom stereocenters. The Balaban J connectivity index is 1.86. The number of rotatable bonds is 7. The molecule has 0 aliphatic carbocycles. The summed E-state index contributed by atoms with van der Waals surface area (Å²) in [7, 11) is 0. The fraction of sp³-hybridized carbons (Fsp3) is 0.375. The van der Waals surface area contributed by atoms with E-state index in [1.54, 1.807) is 13.0 Å². The first kappa shape index (κ1) is 23.8. The summed E-state index contributed by atoms with van der Waals surface area (Å²) < 4.78 is 65.8. The third kappa shape index (κ3) is 6.09. The summed E-state index contributed by atoms with van der Waals surface area (Å²) in [5.41, 5.74) is 1.95. The number of hydrogen-bond acceptors (Lipinski definition) is 3. The van der Waals surface area contributed by atoms with E-state index in [1.807, 2.05) is 6.07 Å². The van der Waals surface area contributed by atoms with E-state index < -0.39 is 24.1 Å². The van der Waals surface area contributed by atoms with Crippen LogP contribution in [0.1, 0.15) is 41.5 Å². The van der Waals surface area contributed by atoms with Crippen molar-refractivity contribution >= 4 is 11.5 Å².